The molecule has 6 heteroatoms. The summed E-state index contributed by atoms with van der Waals surface area (Å²) in [7, 11) is -8.18. The van der Waals surface area contributed by atoms with E-state index in [0.717, 1.165) is 20.7 Å². The summed E-state index contributed by atoms with van der Waals surface area (Å²) in [6.45, 7) is 4.65. The summed E-state index contributed by atoms with van der Waals surface area (Å²) < 4.78 is 15.9. The molecule has 286 valence electrons. The summed E-state index contributed by atoms with van der Waals surface area (Å²) >= 11 is 0. The van der Waals surface area contributed by atoms with E-state index in [1.54, 1.807) is 0 Å². The van der Waals surface area contributed by atoms with Crippen molar-refractivity contribution in [1.82, 2.24) is 0 Å². The number of hydrogen-bond donors (Lipinski definition) is 0. The van der Waals surface area contributed by atoms with Crippen molar-refractivity contribution >= 4 is 77.2 Å². The van der Waals surface area contributed by atoms with Gasteiger partial charge >= 0.3 is 16.6 Å². The van der Waals surface area contributed by atoms with Crippen LogP contribution >= 0.6 is 0 Å². The van der Waals surface area contributed by atoms with Crippen LogP contribution < -0.4 is 41.5 Å². The van der Waals surface area contributed by atoms with Crippen LogP contribution in [0.15, 0.2) is 218 Å². The van der Waals surface area contributed by atoms with Crippen molar-refractivity contribution in [2.24, 2.45) is 0 Å². The van der Waals surface area contributed by atoms with E-state index in [0.29, 0.717) is 0 Å². The van der Waals surface area contributed by atoms with E-state index in [4.69, 9.17) is 9.15 Å². The molecule has 0 aliphatic carbocycles. The average molecular weight is 819 g/mol. The third-order valence-corrected chi connectivity index (χ3v) is 22.3. The molecule has 8 aromatic rings. The fourth-order valence-electron chi connectivity index (χ4n) is 8.69. The lowest BCUT2D eigenvalue weighted by atomic mass is 10.1. The summed E-state index contributed by atoms with van der Waals surface area (Å²) in [6, 6.07) is 82.0. The molecule has 0 N–H and O–H groups in total. The monoisotopic (exact) mass is 818 g/mol. The minimum Gasteiger partial charge on any atom is -0.279 e. The van der Waals surface area contributed by atoms with E-state index in [1.807, 2.05) is 0 Å². The normalized spacial score (nSPS) is 12.1. The lowest BCUT2D eigenvalue weighted by Crippen LogP contribution is -2.75. The Morgan fingerprint density at radius 3 is 0.879 bits per heavy atom. The fourth-order valence-corrected chi connectivity index (χ4v) is 20.1. The number of rotatable bonds is 15. The first-order chi connectivity index (χ1) is 28.7. The summed E-state index contributed by atoms with van der Waals surface area (Å²) in [5.41, 5.74) is 5.04. The predicted molar refractivity (Wildman–Crippen MR) is 258 cm³/mol. The zero-order valence-electron chi connectivity index (χ0n) is 33.4. The van der Waals surface area contributed by atoms with Gasteiger partial charge in [-0.3, -0.25) is 9.15 Å². The second-order valence-corrected chi connectivity index (χ2v) is 25.9. The Morgan fingerprint density at radius 1 is 0.328 bits per heavy atom. The second-order valence-electron chi connectivity index (χ2n) is 14.9. The van der Waals surface area contributed by atoms with Crippen molar-refractivity contribution in [1.29, 1.82) is 0 Å². The van der Waals surface area contributed by atoms with Crippen LogP contribution in [0.4, 0.5) is 0 Å². The van der Waals surface area contributed by atoms with Crippen LogP contribution in [0, 0.1) is 0 Å². The van der Waals surface area contributed by atoms with Gasteiger partial charge in [-0.15, -0.1) is 0 Å². The van der Waals surface area contributed by atoms with E-state index in [1.165, 1.54) is 55.1 Å². The highest BCUT2D eigenvalue weighted by molar-refractivity contribution is 7.10. The Labute approximate surface area is 351 Å². The molecule has 0 atom stereocenters. The Kier molecular flexibility index (Phi) is 12.5. The van der Waals surface area contributed by atoms with Crippen LogP contribution in [0.5, 0.6) is 0 Å². The van der Waals surface area contributed by atoms with Gasteiger partial charge in [0.2, 0.25) is 0 Å². The zero-order valence-corrected chi connectivity index (χ0v) is 38.3. The third kappa shape index (κ3) is 7.63. The standard InChI is InChI=1S/C52H50O2Si4/c1-3-55-47-37-23-39-49(51(47)41-25-11-5-12-26-41)57(43-29-15-7-16-30-43,44-31-17-8-18-32-44)53-54-58(45-33-19-9-20-34-45,46-35-21-10-22-36-46)50-40-24-38-48(56-4-2)52(50)42-27-13-6-14-28-42/h5-40H,3-4,55-56H2,1-2H3. The van der Waals surface area contributed by atoms with Crippen molar-refractivity contribution < 1.29 is 9.15 Å². The first kappa shape index (κ1) is 39.4. The molecule has 0 saturated carbocycles. The van der Waals surface area contributed by atoms with E-state index < -0.39 is 35.7 Å². The summed E-state index contributed by atoms with van der Waals surface area (Å²) in [6.07, 6.45) is 0. The highest BCUT2D eigenvalue weighted by atomic mass is 28.4. The van der Waals surface area contributed by atoms with Gasteiger partial charge < -0.3 is 0 Å². The maximum Gasteiger partial charge on any atom is 0.330 e. The van der Waals surface area contributed by atoms with Gasteiger partial charge in [0.25, 0.3) is 0 Å². The molecule has 0 radical (unpaired) electrons. The van der Waals surface area contributed by atoms with Crippen LogP contribution in [0.25, 0.3) is 22.3 Å². The second kappa shape index (κ2) is 18.4. The molecular formula is C52H50O2Si4. The van der Waals surface area contributed by atoms with Gasteiger partial charge in [0.05, 0.1) is 19.0 Å². The number of benzene rings is 8. The van der Waals surface area contributed by atoms with Crippen molar-refractivity contribution in [3.05, 3.63) is 218 Å². The Balaban J connectivity index is 1.49. The van der Waals surface area contributed by atoms with Crippen molar-refractivity contribution in [2.75, 3.05) is 0 Å². The first-order valence-corrected chi connectivity index (χ1v) is 27.9. The van der Waals surface area contributed by atoms with Crippen LogP contribution in [0.2, 0.25) is 12.1 Å². The molecule has 0 fully saturated rings. The molecule has 0 aromatic heterocycles. The maximum atomic E-state index is 7.93. The van der Waals surface area contributed by atoms with Crippen LogP contribution in [-0.4, -0.2) is 35.7 Å². The van der Waals surface area contributed by atoms with Gasteiger partial charge in [-0.2, -0.15) is 0 Å². The van der Waals surface area contributed by atoms with E-state index in [9.17, 15) is 0 Å². The third-order valence-electron chi connectivity index (χ3n) is 11.2. The van der Waals surface area contributed by atoms with Gasteiger partial charge in [-0.25, -0.2) is 0 Å². The molecule has 0 spiro atoms. The highest BCUT2D eigenvalue weighted by Gasteiger charge is 2.52. The fraction of sp³-hybridized carbons (Fsp3) is 0.0769. The lowest BCUT2D eigenvalue weighted by Gasteiger charge is -2.40. The summed E-state index contributed by atoms with van der Waals surface area (Å²) in [5, 5.41) is 9.93. The molecular weight excluding hydrogens is 769 g/mol. The average Bonchev–Trinajstić information content (AvgIpc) is 3.30. The molecule has 2 nitrogen and oxygen atoms in total. The Hall–Kier alpha value is -5.45. The molecule has 8 aromatic carbocycles. The van der Waals surface area contributed by atoms with Crippen LogP contribution in [-0.2, 0) is 9.15 Å². The minimum atomic E-state index is -3.50. The quantitative estimate of drug-likeness (QED) is 0.0542. The van der Waals surface area contributed by atoms with Gasteiger partial charge in [0.1, 0.15) is 0 Å². The van der Waals surface area contributed by atoms with Crippen molar-refractivity contribution in [3.63, 3.8) is 0 Å². The molecule has 0 bridgehead atoms. The molecule has 0 aliphatic heterocycles. The van der Waals surface area contributed by atoms with Crippen LogP contribution in [0.1, 0.15) is 13.8 Å². The molecule has 0 aliphatic rings. The van der Waals surface area contributed by atoms with E-state index >= 15 is 0 Å². The van der Waals surface area contributed by atoms with Crippen molar-refractivity contribution in [2.45, 2.75) is 25.9 Å². The smallest absolute Gasteiger partial charge is 0.279 e. The Bertz CT molecular complexity index is 2260. The molecule has 0 unspecified atom stereocenters. The topological polar surface area (TPSA) is 18.5 Å². The van der Waals surface area contributed by atoms with Gasteiger partial charge in [-0.1, -0.05) is 255 Å². The minimum absolute atomic E-state index is 0.586. The van der Waals surface area contributed by atoms with Crippen molar-refractivity contribution in [3.8, 4) is 22.3 Å². The largest absolute Gasteiger partial charge is 0.330 e. The molecule has 0 heterocycles. The lowest BCUT2D eigenvalue weighted by molar-refractivity contribution is -0.112. The van der Waals surface area contributed by atoms with Crippen LogP contribution in [0.3, 0.4) is 0 Å². The molecule has 0 saturated heterocycles. The molecule has 8 rings (SSSR count). The highest BCUT2D eigenvalue weighted by Crippen LogP contribution is 2.25. The van der Waals surface area contributed by atoms with Gasteiger partial charge in [0.15, 0.2) is 0 Å². The van der Waals surface area contributed by atoms with E-state index in [2.05, 4.69) is 232 Å². The van der Waals surface area contributed by atoms with E-state index in [-0.39, 0.29) is 0 Å². The van der Waals surface area contributed by atoms with Gasteiger partial charge in [-0.05, 0) is 53.4 Å². The predicted octanol–water partition coefficient (Wildman–Crippen LogP) is 6.07. The number of hydrogen-bond acceptors (Lipinski definition) is 2. The maximum absolute atomic E-state index is 7.93. The summed E-state index contributed by atoms with van der Waals surface area (Å²) in [4.78, 5) is 0. The molecule has 0 amide bonds. The summed E-state index contributed by atoms with van der Waals surface area (Å²) in [5.74, 6) is 0. The zero-order chi connectivity index (χ0) is 39.6. The Morgan fingerprint density at radius 2 is 0.603 bits per heavy atom. The first-order valence-electron chi connectivity index (χ1n) is 20.6. The SMILES string of the molecule is CC[SiH2]c1cccc([Si](OO[Si](c2ccccc2)(c2ccccc2)c2cccc([SiH2]CC)c2-c2ccccc2)(c2ccccc2)c2ccccc2)c1-c1ccccc1. The van der Waals surface area contributed by atoms with Gasteiger partial charge in [0, 0.05) is 0 Å². The molecule has 58 heavy (non-hydrogen) atoms.